The van der Waals surface area contributed by atoms with Gasteiger partial charge < -0.3 is 14.6 Å². The highest BCUT2D eigenvalue weighted by Crippen LogP contribution is 2.15. The van der Waals surface area contributed by atoms with Crippen LogP contribution in [0.2, 0.25) is 0 Å². The third-order valence-electron chi connectivity index (χ3n) is 4.43. The van der Waals surface area contributed by atoms with Gasteiger partial charge in [0, 0.05) is 45.0 Å². The molecule has 1 amide bonds. The molecule has 1 atom stereocenters. The van der Waals surface area contributed by atoms with Crippen LogP contribution in [-0.4, -0.2) is 66.1 Å². The summed E-state index contributed by atoms with van der Waals surface area (Å²) in [6.45, 7) is 6.65. The van der Waals surface area contributed by atoms with Crippen LogP contribution in [0.5, 0.6) is 0 Å². The quantitative estimate of drug-likeness (QED) is 0.889. The Morgan fingerprint density at radius 1 is 1.32 bits per heavy atom. The largest absolute Gasteiger partial charge is 0.377 e. The van der Waals surface area contributed by atoms with Gasteiger partial charge in [-0.15, -0.1) is 0 Å². The molecular formula is C16H23N3O3. The Bertz CT molecular complexity index is 585. The van der Waals surface area contributed by atoms with Crippen LogP contribution in [0.25, 0.3) is 0 Å². The molecule has 0 spiro atoms. The molecule has 22 heavy (non-hydrogen) atoms. The highest BCUT2D eigenvalue weighted by atomic mass is 16.5. The summed E-state index contributed by atoms with van der Waals surface area (Å²) >= 11 is 0. The first-order valence-corrected chi connectivity index (χ1v) is 7.96. The average molecular weight is 305 g/mol. The average Bonchev–Trinajstić information content (AvgIpc) is 3.00. The number of ether oxygens (including phenoxy) is 1. The molecule has 1 aromatic heterocycles. The predicted octanol–water partition coefficient (Wildman–Crippen LogP) is 0.620. The fourth-order valence-corrected chi connectivity index (χ4v) is 3.12. The van der Waals surface area contributed by atoms with E-state index in [0.29, 0.717) is 19.2 Å². The molecule has 3 heterocycles. The maximum atomic E-state index is 12.4. The van der Waals surface area contributed by atoms with E-state index in [1.54, 1.807) is 24.0 Å². The van der Waals surface area contributed by atoms with Crippen LogP contribution in [0.4, 0.5) is 0 Å². The van der Waals surface area contributed by atoms with Gasteiger partial charge in [0.25, 0.3) is 11.5 Å². The fourth-order valence-electron chi connectivity index (χ4n) is 3.12. The Morgan fingerprint density at radius 2 is 2.09 bits per heavy atom. The third-order valence-corrected chi connectivity index (χ3v) is 4.43. The van der Waals surface area contributed by atoms with Gasteiger partial charge in [0.15, 0.2) is 0 Å². The molecule has 0 saturated carbocycles. The van der Waals surface area contributed by atoms with Crippen molar-refractivity contribution in [2.24, 2.45) is 0 Å². The minimum absolute atomic E-state index is 0.169. The highest BCUT2D eigenvalue weighted by Gasteiger charge is 2.26. The second kappa shape index (κ2) is 6.62. The zero-order chi connectivity index (χ0) is 15.5. The lowest BCUT2D eigenvalue weighted by Gasteiger charge is -2.35. The number of aromatic amines is 1. The van der Waals surface area contributed by atoms with Crippen molar-refractivity contribution in [1.82, 2.24) is 14.8 Å². The van der Waals surface area contributed by atoms with E-state index in [1.807, 2.05) is 0 Å². The van der Waals surface area contributed by atoms with Crippen LogP contribution < -0.4 is 5.56 Å². The maximum Gasteiger partial charge on any atom is 0.260 e. The number of aryl methyl sites for hydroxylation is 1. The van der Waals surface area contributed by atoms with Gasteiger partial charge in [-0.25, -0.2) is 0 Å². The maximum absolute atomic E-state index is 12.4. The summed E-state index contributed by atoms with van der Waals surface area (Å²) in [4.78, 5) is 31.1. The molecule has 6 heteroatoms. The fraction of sp³-hybridized carbons (Fsp3) is 0.625. The van der Waals surface area contributed by atoms with Crippen molar-refractivity contribution in [3.8, 4) is 0 Å². The molecular weight excluding hydrogens is 282 g/mol. The molecule has 2 saturated heterocycles. The summed E-state index contributed by atoms with van der Waals surface area (Å²) in [5.74, 6) is -0.169. The van der Waals surface area contributed by atoms with E-state index in [4.69, 9.17) is 4.74 Å². The van der Waals surface area contributed by atoms with Gasteiger partial charge in [-0.05, 0) is 31.9 Å². The molecule has 2 aliphatic rings. The third kappa shape index (κ3) is 3.39. The van der Waals surface area contributed by atoms with Crippen LogP contribution >= 0.6 is 0 Å². The minimum Gasteiger partial charge on any atom is -0.377 e. The summed E-state index contributed by atoms with van der Waals surface area (Å²) in [7, 11) is 0. The van der Waals surface area contributed by atoms with Crippen molar-refractivity contribution >= 4 is 5.91 Å². The summed E-state index contributed by atoms with van der Waals surface area (Å²) in [5, 5.41) is 0. The number of aromatic nitrogens is 1. The Labute approximate surface area is 130 Å². The summed E-state index contributed by atoms with van der Waals surface area (Å²) in [6.07, 6.45) is 2.64. The lowest BCUT2D eigenvalue weighted by Crippen LogP contribution is -2.51. The second-order valence-electron chi connectivity index (χ2n) is 6.11. The first-order valence-electron chi connectivity index (χ1n) is 7.96. The Balaban J connectivity index is 1.56. The number of nitrogens with zero attached hydrogens (tertiary/aromatic N) is 2. The lowest BCUT2D eigenvalue weighted by molar-refractivity contribution is 0.0432. The van der Waals surface area contributed by atoms with Crippen LogP contribution in [0.15, 0.2) is 16.9 Å². The molecule has 0 aromatic carbocycles. The first kappa shape index (κ1) is 15.2. The molecule has 120 valence electrons. The topological polar surface area (TPSA) is 65.6 Å². The predicted molar refractivity (Wildman–Crippen MR) is 83.1 cm³/mol. The number of pyridine rings is 1. The van der Waals surface area contributed by atoms with Crippen molar-refractivity contribution in [2.75, 3.05) is 39.3 Å². The lowest BCUT2D eigenvalue weighted by atomic mass is 10.2. The molecule has 2 aliphatic heterocycles. The van der Waals surface area contributed by atoms with Gasteiger partial charge in [0.1, 0.15) is 5.56 Å². The smallest absolute Gasteiger partial charge is 0.260 e. The highest BCUT2D eigenvalue weighted by molar-refractivity contribution is 5.93. The van der Waals surface area contributed by atoms with Crippen molar-refractivity contribution < 1.29 is 9.53 Å². The van der Waals surface area contributed by atoms with E-state index >= 15 is 0 Å². The number of piperazine rings is 1. The SMILES string of the molecule is Cc1ccc(C(=O)N2CCN(C[C@H]3CCCO3)CC2)c(=O)[nH]1. The van der Waals surface area contributed by atoms with E-state index in [2.05, 4.69) is 9.88 Å². The number of rotatable bonds is 3. The van der Waals surface area contributed by atoms with E-state index in [-0.39, 0.29) is 17.0 Å². The van der Waals surface area contributed by atoms with Gasteiger partial charge in [0.05, 0.1) is 6.10 Å². The van der Waals surface area contributed by atoms with Crippen LogP contribution in [0, 0.1) is 6.92 Å². The standard InChI is InChI=1S/C16H23N3O3/c1-12-4-5-14(15(20)17-12)16(21)19-8-6-18(7-9-19)11-13-3-2-10-22-13/h4-5,13H,2-3,6-11H2,1H3,(H,17,20)/t13-/m1/s1. The van der Waals surface area contributed by atoms with Gasteiger partial charge in [0.2, 0.25) is 0 Å². The summed E-state index contributed by atoms with van der Waals surface area (Å²) in [6, 6.07) is 3.39. The normalized spacial score (nSPS) is 23.0. The van der Waals surface area contributed by atoms with Gasteiger partial charge in [-0.3, -0.25) is 14.5 Å². The minimum atomic E-state index is -0.299. The number of hydrogen-bond acceptors (Lipinski definition) is 4. The molecule has 1 aromatic rings. The number of H-pyrrole nitrogens is 1. The molecule has 2 fully saturated rings. The van der Waals surface area contributed by atoms with Crippen molar-refractivity contribution in [1.29, 1.82) is 0 Å². The monoisotopic (exact) mass is 305 g/mol. The Hall–Kier alpha value is -1.66. The molecule has 0 unspecified atom stereocenters. The molecule has 0 bridgehead atoms. The summed E-state index contributed by atoms with van der Waals surface area (Å²) < 4.78 is 5.66. The van der Waals surface area contributed by atoms with Crippen LogP contribution in [0.3, 0.4) is 0 Å². The molecule has 1 N–H and O–H groups in total. The number of amides is 1. The number of carbonyl (C=O) groups excluding carboxylic acids is 1. The van der Waals surface area contributed by atoms with Gasteiger partial charge >= 0.3 is 0 Å². The first-order chi connectivity index (χ1) is 10.6. The molecule has 0 radical (unpaired) electrons. The van der Waals surface area contributed by atoms with Crippen molar-refractivity contribution in [2.45, 2.75) is 25.9 Å². The van der Waals surface area contributed by atoms with E-state index < -0.39 is 0 Å². The van der Waals surface area contributed by atoms with Crippen molar-refractivity contribution in [3.05, 3.63) is 33.7 Å². The van der Waals surface area contributed by atoms with Crippen LogP contribution in [-0.2, 0) is 4.74 Å². The number of carbonyl (C=O) groups is 1. The van der Waals surface area contributed by atoms with E-state index in [1.165, 1.54) is 0 Å². The van der Waals surface area contributed by atoms with Crippen molar-refractivity contribution in [3.63, 3.8) is 0 Å². The Kier molecular flexibility index (Phi) is 4.59. The van der Waals surface area contributed by atoms with Crippen LogP contribution in [0.1, 0.15) is 28.9 Å². The molecule has 3 rings (SSSR count). The second-order valence-corrected chi connectivity index (χ2v) is 6.11. The van der Waals surface area contributed by atoms with Gasteiger partial charge in [-0.2, -0.15) is 0 Å². The summed E-state index contributed by atoms with van der Waals surface area (Å²) in [5.41, 5.74) is 0.702. The number of nitrogens with one attached hydrogen (secondary N) is 1. The number of hydrogen-bond donors (Lipinski definition) is 1. The van der Waals surface area contributed by atoms with E-state index in [9.17, 15) is 9.59 Å². The van der Waals surface area contributed by atoms with E-state index in [0.717, 1.165) is 44.8 Å². The Morgan fingerprint density at radius 3 is 2.73 bits per heavy atom. The molecule has 6 nitrogen and oxygen atoms in total. The zero-order valence-corrected chi connectivity index (χ0v) is 13.0. The zero-order valence-electron chi connectivity index (χ0n) is 13.0. The van der Waals surface area contributed by atoms with Gasteiger partial charge in [-0.1, -0.05) is 0 Å². The molecule has 0 aliphatic carbocycles.